The molecule has 0 bridgehead atoms. The van der Waals surface area contributed by atoms with Gasteiger partial charge < -0.3 is 4.98 Å². The van der Waals surface area contributed by atoms with Crippen molar-refractivity contribution in [3.05, 3.63) is 34.5 Å². The van der Waals surface area contributed by atoms with Crippen molar-refractivity contribution in [2.24, 2.45) is 0 Å². The molecular formula is C10H8ClNO. The summed E-state index contributed by atoms with van der Waals surface area (Å²) in [6.07, 6.45) is 0.811. The highest BCUT2D eigenvalue weighted by molar-refractivity contribution is 6.35. The molecule has 3 heteroatoms. The average molecular weight is 194 g/mol. The standard InChI is InChI=1S/C10H8ClNO/c1-6-7-3-2-4-8(11)10(7)12-9(6)5-13/h2-5,12H,1H3. The number of para-hydroxylation sites is 1. The minimum absolute atomic E-state index is 0.600. The van der Waals surface area contributed by atoms with E-state index in [1.54, 1.807) is 6.07 Å². The molecule has 0 saturated heterocycles. The van der Waals surface area contributed by atoms with Crippen molar-refractivity contribution in [2.45, 2.75) is 6.92 Å². The van der Waals surface area contributed by atoms with Crippen molar-refractivity contribution in [1.82, 2.24) is 4.98 Å². The van der Waals surface area contributed by atoms with Crippen LogP contribution in [0.4, 0.5) is 0 Å². The number of halogens is 1. The number of carbonyl (C=O) groups excluding carboxylic acids is 1. The van der Waals surface area contributed by atoms with Crippen LogP contribution in [0.3, 0.4) is 0 Å². The summed E-state index contributed by atoms with van der Waals surface area (Å²) in [5.74, 6) is 0. The second kappa shape index (κ2) is 2.89. The minimum atomic E-state index is 0.600. The summed E-state index contributed by atoms with van der Waals surface area (Å²) in [5, 5.41) is 1.66. The number of rotatable bonds is 1. The van der Waals surface area contributed by atoms with Crippen LogP contribution in [-0.4, -0.2) is 11.3 Å². The number of benzene rings is 1. The van der Waals surface area contributed by atoms with E-state index in [0.717, 1.165) is 22.8 Å². The Kier molecular flexibility index (Phi) is 1.85. The lowest BCUT2D eigenvalue weighted by atomic mass is 10.1. The number of aldehydes is 1. The highest BCUT2D eigenvalue weighted by Gasteiger charge is 2.07. The van der Waals surface area contributed by atoms with Gasteiger partial charge in [0.25, 0.3) is 0 Å². The molecule has 66 valence electrons. The predicted octanol–water partition coefficient (Wildman–Crippen LogP) is 2.94. The SMILES string of the molecule is Cc1c(C=O)[nH]c2c(Cl)cccc12. The molecule has 0 unspecified atom stereocenters. The molecule has 0 fully saturated rings. The van der Waals surface area contributed by atoms with Gasteiger partial charge in [0.1, 0.15) is 0 Å². The van der Waals surface area contributed by atoms with Crippen molar-refractivity contribution in [1.29, 1.82) is 0 Å². The quantitative estimate of drug-likeness (QED) is 0.694. The Morgan fingerprint density at radius 2 is 2.23 bits per heavy atom. The summed E-state index contributed by atoms with van der Waals surface area (Å²) in [7, 11) is 0. The molecule has 0 aliphatic heterocycles. The Hall–Kier alpha value is -1.28. The van der Waals surface area contributed by atoms with E-state index in [1.165, 1.54) is 0 Å². The number of hydrogen-bond donors (Lipinski definition) is 1. The van der Waals surface area contributed by atoms with Crippen molar-refractivity contribution in [3.8, 4) is 0 Å². The third-order valence-corrected chi connectivity index (χ3v) is 2.51. The average Bonchev–Trinajstić information content (AvgIpc) is 2.45. The van der Waals surface area contributed by atoms with Gasteiger partial charge in [-0.05, 0) is 18.6 Å². The van der Waals surface area contributed by atoms with Gasteiger partial charge in [-0.25, -0.2) is 0 Å². The van der Waals surface area contributed by atoms with Crippen LogP contribution >= 0.6 is 11.6 Å². The second-order valence-electron chi connectivity index (χ2n) is 2.94. The smallest absolute Gasteiger partial charge is 0.166 e. The monoisotopic (exact) mass is 193 g/mol. The zero-order valence-electron chi connectivity index (χ0n) is 7.10. The summed E-state index contributed by atoms with van der Waals surface area (Å²) in [6.45, 7) is 1.90. The molecule has 0 radical (unpaired) electrons. The van der Waals surface area contributed by atoms with Gasteiger partial charge in [-0.1, -0.05) is 23.7 Å². The molecule has 0 saturated carbocycles. The van der Waals surface area contributed by atoms with E-state index >= 15 is 0 Å². The van der Waals surface area contributed by atoms with Crippen LogP contribution in [0.2, 0.25) is 5.02 Å². The van der Waals surface area contributed by atoms with Crippen molar-refractivity contribution in [2.75, 3.05) is 0 Å². The fourth-order valence-electron chi connectivity index (χ4n) is 1.46. The maximum absolute atomic E-state index is 10.6. The van der Waals surface area contributed by atoms with Crippen LogP contribution in [0.5, 0.6) is 0 Å². The van der Waals surface area contributed by atoms with Gasteiger partial charge in [0.2, 0.25) is 0 Å². The molecule has 1 aromatic carbocycles. The van der Waals surface area contributed by atoms with Gasteiger partial charge in [0.05, 0.1) is 16.2 Å². The van der Waals surface area contributed by atoms with Crippen molar-refractivity contribution in [3.63, 3.8) is 0 Å². The predicted molar refractivity (Wildman–Crippen MR) is 53.4 cm³/mol. The molecule has 2 rings (SSSR count). The molecule has 1 heterocycles. The third kappa shape index (κ3) is 1.14. The van der Waals surface area contributed by atoms with Gasteiger partial charge in [-0.15, -0.1) is 0 Å². The normalized spacial score (nSPS) is 10.6. The van der Waals surface area contributed by atoms with Gasteiger partial charge >= 0.3 is 0 Å². The first kappa shape index (κ1) is 8.32. The lowest BCUT2D eigenvalue weighted by Gasteiger charge is -1.92. The summed E-state index contributed by atoms with van der Waals surface area (Å²) < 4.78 is 0. The lowest BCUT2D eigenvalue weighted by Crippen LogP contribution is -1.80. The van der Waals surface area contributed by atoms with Crippen LogP contribution in [0.15, 0.2) is 18.2 Å². The van der Waals surface area contributed by atoms with Crippen LogP contribution in [-0.2, 0) is 0 Å². The Bertz CT molecular complexity index is 473. The minimum Gasteiger partial charge on any atom is -0.351 e. The summed E-state index contributed by atoms with van der Waals surface area (Å²) in [5.41, 5.74) is 2.39. The lowest BCUT2D eigenvalue weighted by molar-refractivity contribution is 0.111. The molecule has 13 heavy (non-hydrogen) atoms. The van der Waals surface area contributed by atoms with E-state index in [2.05, 4.69) is 4.98 Å². The van der Waals surface area contributed by atoms with Crippen molar-refractivity contribution < 1.29 is 4.79 Å². The van der Waals surface area contributed by atoms with E-state index in [4.69, 9.17) is 11.6 Å². The van der Waals surface area contributed by atoms with Gasteiger partial charge in [0.15, 0.2) is 6.29 Å². The molecule has 2 nitrogen and oxygen atoms in total. The molecule has 0 aliphatic rings. The summed E-state index contributed by atoms with van der Waals surface area (Å²) in [4.78, 5) is 13.6. The number of hydrogen-bond acceptors (Lipinski definition) is 1. The van der Waals surface area contributed by atoms with Crippen molar-refractivity contribution >= 4 is 28.8 Å². The van der Waals surface area contributed by atoms with Gasteiger partial charge in [-0.2, -0.15) is 0 Å². The Morgan fingerprint density at radius 3 is 2.85 bits per heavy atom. The zero-order chi connectivity index (χ0) is 9.42. The third-order valence-electron chi connectivity index (χ3n) is 2.20. The number of carbonyl (C=O) groups is 1. The van der Waals surface area contributed by atoms with Gasteiger partial charge in [0, 0.05) is 5.39 Å². The molecular weight excluding hydrogens is 186 g/mol. The first-order chi connectivity index (χ1) is 6.24. The fourth-order valence-corrected chi connectivity index (χ4v) is 1.68. The highest BCUT2D eigenvalue weighted by Crippen LogP contribution is 2.26. The zero-order valence-corrected chi connectivity index (χ0v) is 7.85. The number of H-pyrrole nitrogens is 1. The fraction of sp³-hybridized carbons (Fsp3) is 0.100. The molecule has 1 aromatic heterocycles. The van der Waals surface area contributed by atoms with E-state index in [1.807, 2.05) is 19.1 Å². The molecule has 0 atom stereocenters. The van der Waals surface area contributed by atoms with E-state index in [0.29, 0.717) is 10.7 Å². The highest BCUT2D eigenvalue weighted by atomic mass is 35.5. The maximum Gasteiger partial charge on any atom is 0.166 e. The molecule has 2 aromatic rings. The topological polar surface area (TPSA) is 32.9 Å². The number of aromatic nitrogens is 1. The maximum atomic E-state index is 10.6. The number of nitrogens with one attached hydrogen (secondary N) is 1. The Labute approximate surface area is 80.5 Å². The van der Waals surface area contributed by atoms with Crippen LogP contribution in [0.1, 0.15) is 16.1 Å². The summed E-state index contributed by atoms with van der Waals surface area (Å²) >= 11 is 5.95. The first-order valence-electron chi connectivity index (χ1n) is 3.96. The Balaban J connectivity index is 2.91. The number of aryl methyl sites for hydroxylation is 1. The molecule has 0 spiro atoms. The molecule has 0 aliphatic carbocycles. The largest absolute Gasteiger partial charge is 0.351 e. The summed E-state index contributed by atoms with van der Waals surface area (Å²) in [6, 6.07) is 5.62. The van der Waals surface area contributed by atoms with Gasteiger partial charge in [-0.3, -0.25) is 4.79 Å². The first-order valence-corrected chi connectivity index (χ1v) is 4.34. The van der Waals surface area contributed by atoms with Crippen LogP contribution in [0.25, 0.3) is 10.9 Å². The van der Waals surface area contributed by atoms with Crippen LogP contribution < -0.4 is 0 Å². The van der Waals surface area contributed by atoms with Crippen LogP contribution in [0, 0.1) is 6.92 Å². The molecule has 0 amide bonds. The molecule has 1 N–H and O–H groups in total. The van der Waals surface area contributed by atoms with E-state index in [-0.39, 0.29) is 0 Å². The number of fused-ring (bicyclic) bond motifs is 1. The second-order valence-corrected chi connectivity index (χ2v) is 3.35. The van der Waals surface area contributed by atoms with E-state index in [9.17, 15) is 4.79 Å². The Morgan fingerprint density at radius 1 is 1.46 bits per heavy atom. The van der Waals surface area contributed by atoms with E-state index < -0.39 is 0 Å². The number of aromatic amines is 1.